The van der Waals surface area contributed by atoms with Gasteiger partial charge in [-0.3, -0.25) is 4.79 Å². The standard InChI is InChI=1S/C23H26N2O3S.ClH/c1-16(2)18-6-8-19(9-7-18)21-15-29-23(24-21)25(13-12-22(26)27)14-17-4-10-20(28-3)11-5-17;/h4-11,15-16H,12-14H2,1-3H3,(H,26,27);1H. The number of thiazole rings is 1. The molecule has 0 spiro atoms. The summed E-state index contributed by atoms with van der Waals surface area (Å²) in [6, 6.07) is 16.3. The van der Waals surface area contributed by atoms with Gasteiger partial charge >= 0.3 is 5.97 Å². The van der Waals surface area contributed by atoms with Crippen molar-refractivity contribution in [2.75, 3.05) is 18.6 Å². The van der Waals surface area contributed by atoms with Crippen LogP contribution in [0.4, 0.5) is 5.13 Å². The molecule has 1 heterocycles. The van der Waals surface area contributed by atoms with Gasteiger partial charge in [0, 0.05) is 24.0 Å². The van der Waals surface area contributed by atoms with Crippen molar-refractivity contribution in [2.45, 2.75) is 32.7 Å². The number of rotatable bonds is 9. The third-order valence-corrected chi connectivity index (χ3v) is 5.67. The molecule has 0 bridgehead atoms. The predicted octanol–water partition coefficient (Wildman–Crippen LogP) is 5.85. The van der Waals surface area contributed by atoms with Gasteiger partial charge in [-0.25, -0.2) is 4.98 Å². The first-order valence-electron chi connectivity index (χ1n) is 9.62. The number of carboxylic acids is 1. The second-order valence-electron chi connectivity index (χ2n) is 7.21. The molecule has 0 fully saturated rings. The summed E-state index contributed by atoms with van der Waals surface area (Å²) in [7, 11) is 1.64. The summed E-state index contributed by atoms with van der Waals surface area (Å²) in [4.78, 5) is 17.9. The quantitative estimate of drug-likeness (QED) is 0.447. The highest BCUT2D eigenvalue weighted by Crippen LogP contribution is 2.30. The summed E-state index contributed by atoms with van der Waals surface area (Å²) >= 11 is 1.54. The SMILES string of the molecule is COc1ccc(CN(CCC(=O)O)c2nc(-c3ccc(C(C)C)cc3)cs2)cc1.Cl. The highest BCUT2D eigenvalue weighted by Gasteiger charge is 2.15. The maximum Gasteiger partial charge on any atom is 0.305 e. The number of benzene rings is 2. The number of halogens is 1. The van der Waals surface area contributed by atoms with Gasteiger partial charge in [0.25, 0.3) is 0 Å². The fourth-order valence-corrected chi connectivity index (χ4v) is 3.87. The van der Waals surface area contributed by atoms with E-state index in [1.807, 2.05) is 34.5 Å². The molecule has 3 aromatic rings. The molecule has 7 heteroatoms. The van der Waals surface area contributed by atoms with Gasteiger partial charge < -0.3 is 14.7 Å². The number of anilines is 1. The molecule has 2 aromatic carbocycles. The highest BCUT2D eigenvalue weighted by molar-refractivity contribution is 7.14. The lowest BCUT2D eigenvalue weighted by atomic mass is 10.0. The molecule has 30 heavy (non-hydrogen) atoms. The number of carbonyl (C=O) groups is 1. The minimum Gasteiger partial charge on any atom is -0.497 e. The number of aliphatic carboxylic acids is 1. The minimum absolute atomic E-state index is 0. The van der Waals surface area contributed by atoms with Gasteiger partial charge in [-0.05, 0) is 29.2 Å². The number of ether oxygens (including phenoxy) is 1. The Morgan fingerprint density at radius 2 is 1.80 bits per heavy atom. The Morgan fingerprint density at radius 1 is 1.13 bits per heavy atom. The van der Waals surface area contributed by atoms with E-state index in [-0.39, 0.29) is 18.8 Å². The molecule has 0 amide bonds. The van der Waals surface area contributed by atoms with Gasteiger partial charge in [0.1, 0.15) is 5.75 Å². The van der Waals surface area contributed by atoms with Crippen LogP contribution >= 0.6 is 23.7 Å². The number of hydrogen-bond acceptors (Lipinski definition) is 5. The second kappa shape index (κ2) is 11.0. The second-order valence-corrected chi connectivity index (χ2v) is 8.04. The van der Waals surface area contributed by atoms with Crippen LogP contribution in [0.5, 0.6) is 5.75 Å². The lowest BCUT2D eigenvalue weighted by Gasteiger charge is -2.21. The van der Waals surface area contributed by atoms with Crippen molar-refractivity contribution in [3.63, 3.8) is 0 Å². The molecule has 0 unspecified atom stereocenters. The lowest BCUT2D eigenvalue weighted by Crippen LogP contribution is -2.25. The van der Waals surface area contributed by atoms with Crippen molar-refractivity contribution in [1.29, 1.82) is 0 Å². The molecule has 0 saturated carbocycles. The molecule has 1 N–H and O–H groups in total. The molecule has 0 saturated heterocycles. The average molecular weight is 447 g/mol. The van der Waals surface area contributed by atoms with Crippen LogP contribution in [0.15, 0.2) is 53.9 Å². The highest BCUT2D eigenvalue weighted by atomic mass is 35.5. The lowest BCUT2D eigenvalue weighted by molar-refractivity contribution is -0.136. The van der Waals surface area contributed by atoms with Gasteiger partial charge in [-0.2, -0.15) is 0 Å². The maximum atomic E-state index is 11.1. The smallest absolute Gasteiger partial charge is 0.305 e. The molecule has 5 nitrogen and oxygen atoms in total. The Kier molecular flexibility index (Phi) is 8.69. The van der Waals surface area contributed by atoms with E-state index in [1.54, 1.807) is 7.11 Å². The van der Waals surface area contributed by atoms with Crippen molar-refractivity contribution in [1.82, 2.24) is 4.98 Å². The Balaban J connectivity index is 0.00000320. The number of methoxy groups -OCH3 is 1. The minimum atomic E-state index is -0.814. The van der Waals surface area contributed by atoms with Crippen molar-refractivity contribution in [2.24, 2.45) is 0 Å². The molecule has 160 valence electrons. The fraction of sp³-hybridized carbons (Fsp3) is 0.304. The van der Waals surface area contributed by atoms with Crippen molar-refractivity contribution < 1.29 is 14.6 Å². The Morgan fingerprint density at radius 3 is 2.37 bits per heavy atom. The molecule has 0 aliphatic carbocycles. The first kappa shape index (κ1) is 23.7. The average Bonchev–Trinajstić information content (AvgIpc) is 3.21. The number of hydrogen-bond donors (Lipinski definition) is 1. The van der Waals surface area contributed by atoms with Crippen LogP contribution in [-0.2, 0) is 11.3 Å². The number of nitrogens with zero attached hydrogens (tertiary/aromatic N) is 2. The van der Waals surface area contributed by atoms with Gasteiger partial charge in [0.2, 0.25) is 0 Å². The monoisotopic (exact) mass is 446 g/mol. The third kappa shape index (κ3) is 6.21. The molecule has 0 radical (unpaired) electrons. The molecular weight excluding hydrogens is 420 g/mol. The summed E-state index contributed by atoms with van der Waals surface area (Å²) in [5.74, 6) is 0.476. The molecule has 0 aliphatic heterocycles. The van der Waals surface area contributed by atoms with Crippen molar-refractivity contribution in [3.8, 4) is 17.0 Å². The summed E-state index contributed by atoms with van der Waals surface area (Å²) in [6.07, 6.45) is 0.0636. The van der Waals surface area contributed by atoms with Crippen LogP contribution in [0.1, 0.15) is 37.3 Å². The first-order chi connectivity index (χ1) is 14.0. The third-order valence-electron chi connectivity index (χ3n) is 4.76. The molecule has 1 aromatic heterocycles. The zero-order valence-electron chi connectivity index (χ0n) is 17.4. The molecular formula is C23H27ClN2O3S. The number of aromatic nitrogens is 1. The van der Waals surface area contributed by atoms with E-state index in [0.717, 1.165) is 27.7 Å². The van der Waals surface area contributed by atoms with Gasteiger partial charge in [0.05, 0.1) is 19.2 Å². The Labute approximate surface area is 187 Å². The van der Waals surface area contributed by atoms with E-state index in [0.29, 0.717) is 19.0 Å². The molecule has 0 aliphatic rings. The van der Waals surface area contributed by atoms with E-state index < -0.39 is 5.97 Å². The summed E-state index contributed by atoms with van der Waals surface area (Å²) in [5.41, 5.74) is 4.36. The topological polar surface area (TPSA) is 62.7 Å². The number of carboxylic acid groups (broad SMARTS) is 1. The van der Waals surface area contributed by atoms with Crippen molar-refractivity contribution in [3.05, 3.63) is 65.0 Å². The van der Waals surface area contributed by atoms with Gasteiger partial charge in [-0.1, -0.05) is 50.2 Å². The van der Waals surface area contributed by atoms with E-state index in [9.17, 15) is 4.79 Å². The zero-order valence-corrected chi connectivity index (χ0v) is 19.0. The molecule has 3 rings (SSSR count). The Bertz CT molecular complexity index is 940. The summed E-state index contributed by atoms with van der Waals surface area (Å²) < 4.78 is 5.21. The maximum absolute atomic E-state index is 11.1. The van der Waals surface area contributed by atoms with Crippen LogP contribution in [-0.4, -0.2) is 29.7 Å². The van der Waals surface area contributed by atoms with Gasteiger partial charge in [-0.15, -0.1) is 23.7 Å². The Hall–Kier alpha value is -2.57. The summed E-state index contributed by atoms with van der Waals surface area (Å²) in [6.45, 7) is 5.35. The van der Waals surface area contributed by atoms with Gasteiger partial charge in [0.15, 0.2) is 5.13 Å². The fourth-order valence-electron chi connectivity index (χ4n) is 3.01. The van der Waals surface area contributed by atoms with E-state index in [2.05, 4.69) is 38.1 Å². The molecule has 0 atom stereocenters. The van der Waals surface area contributed by atoms with E-state index in [1.165, 1.54) is 16.9 Å². The van der Waals surface area contributed by atoms with E-state index in [4.69, 9.17) is 14.8 Å². The van der Waals surface area contributed by atoms with Crippen LogP contribution in [0.3, 0.4) is 0 Å². The summed E-state index contributed by atoms with van der Waals surface area (Å²) in [5, 5.41) is 12.0. The zero-order chi connectivity index (χ0) is 20.8. The van der Waals surface area contributed by atoms with Crippen LogP contribution in [0, 0.1) is 0 Å². The van der Waals surface area contributed by atoms with Crippen molar-refractivity contribution >= 4 is 34.8 Å². The van der Waals surface area contributed by atoms with Crippen LogP contribution in [0.25, 0.3) is 11.3 Å². The van der Waals surface area contributed by atoms with Crippen LogP contribution in [0.2, 0.25) is 0 Å². The normalized spacial score (nSPS) is 10.5. The first-order valence-corrected chi connectivity index (χ1v) is 10.5. The van der Waals surface area contributed by atoms with Crippen LogP contribution < -0.4 is 9.64 Å². The largest absolute Gasteiger partial charge is 0.497 e. The predicted molar refractivity (Wildman–Crippen MR) is 125 cm³/mol. The van der Waals surface area contributed by atoms with E-state index >= 15 is 0 Å².